The summed E-state index contributed by atoms with van der Waals surface area (Å²) < 4.78 is 14.8. The van der Waals surface area contributed by atoms with Gasteiger partial charge in [0, 0.05) is 13.1 Å². The van der Waals surface area contributed by atoms with Gasteiger partial charge in [0.15, 0.2) is 0 Å². The van der Waals surface area contributed by atoms with Crippen LogP contribution >= 0.6 is 0 Å². The summed E-state index contributed by atoms with van der Waals surface area (Å²) in [4.78, 5) is 0. The second kappa shape index (κ2) is 7.69. The molecule has 1 aromatic carbocycles. The number of halogens is 1. The molecule has 1 heterocycles. The third-order valence-electron chi connectivity index (χ3n) is 3.32. The van der Waals surface area contributed by atoms with Crippen LogP contribution in [0.5, 0.6) is 0 Å². The predicted octanol–water partition coefficient (Wildman–Crippen LogP) is 3.24. The monoisotopic (exact) mass is 288 g/mol. The predicted molar refractivity (Wildman–Crippen MR) is 82.8 cm³/mol. The van der Waals surface area contributed by atoms with Gasteiger partial charge in [0.2, 0.25) is 0 Å². The van der Waals surface area contributed by atoms with Crippen molar-refractivity contribution >= 4 is 12.2 Å². The van der Waals surface area contributed by atoms with Crippen LogP contribution in [-0.2, 0) is 13.1 Å². The van der Waals surface area contributed by atoms with E-state index in [-0.39, 0.29) is 5.82 Å². The van der Waals surface area contributed by atoms with Crippen molar-refractivity contribution in [1.29, 1.82) is 0 Å². The maximum Gasteiger partial charge on any atom is 0.123 e. The van der Waals surface area contributed by atoms with Gasteiger partial charge < -0.3 is 5.73 Å². The number of hydrogen-bond donors (Lipinski definition) is 1. The molecule has 4 nitrogen and oxygen atoms in total. The molecule has 0 saturated carbocycles. The lowest BCUT2D eigenvalue weighted by atomic mass is 10.2. The van der Waals surface area contributed by atoms with Crippen LogP contribution in [0.1, 0.15) is 43.1 Å². The van der Waals surface area contributed by atoms with Crippen LogP contribution < -0.4 is 5.73 Å². The fraction of sp³-hybridized carbons (Fsp3) is 0.375. The minimum absolute atomic E-state index is 0.235. The Morgan fingerprint density at radius 1 is 1.19 bits per heavy atom. The van der Waals surface area contributed by atoms with Gasteiger partial charge in [-0.2, -0.15) is 0 Å². The molecule has 1 aromatic heterocycles. The molecule has 0 amide bonds. The number of benzene rings is 1. The molecule has 21 heavy (non-hydrogen) atoms. The van der Waals surface area contributed by atoms with E-state index in [0.717, 1.165) is 29.9 Å². The maximum atomic E-state index is 12.9. The van der Waals surface area contributed by atoms with E-state index in [4.69, 9.17) is 5.73 Å². The number of hydrogen-bond acceptors (Lipinski definition) is 3. The molecular formula is C16H21FN4. The molecule has 5 heteroatoms. The summed E-state index contributed by atoms with van der Waals surface area (Å²) in [6.07, 6.45) is 7.27. The van der Waals surface area contributed by atoms with Gasteiger partial charge in [-0.3, -0.25) is 0 Å². The third-order valence-corrected chi connectivity index (χ3v) is 3.32. The van der Waals surface area contributed by atoms with Gasteiger partial charge in [-0.15, -0.1) is 5.10 Å². The number of aromatic nitrogens is 3. The number of unbranched alkanes of at least 4 members (excludes halogenated alkanes) is 2. The van der Waals surface area contributed by atoms with Crippen molar-refractivity contribution < 1.29 is 4.39 Å². The zero-order valence-corrected chi connectivity index (χ0v) is 12.3. The minimum Gasteiger partial charge on any atom is -0.325 e. The summed E-state index contributed by atoms with van der Waals surface area (Å²) in [7, 11) is 0. The van der Waals surface area contributed by atoms with Crippen molar-refractivity contribution in [3.05, 3.63) is 47.0 Å². The van der Waals surface area contributed by atoms with E-state index in [0.29, 0.717) is 6.54 Å². The Morgan fingerprint density at radius 2 is 1.95 bits per heavy atom. The molecule has 0 bridgehead atoms. The Labute approximate surface area is 124 Å². The molecule has 2 N–H and O–H groups in total. The molecule has 0 unspecified atom stereocenters. The number of rotatable bonds is 7. The topological polar surface area (TPSA) is 56.7 Å². The standard InChI is InChI=1S/C16H21FN4/c1-2-3-4-11-21-16(15(12-18)19-20-21)10-7-13-5-8-14(17)9-6-13/h5-10H,2-4,11-12,18H2,1H3/b10-7+. The van der Waals surface area contributed by atoms with E-state index >= 15 is 0 Å². The number of nitrogens with zero attached hydrogens (tertiary/aromatic N) is 3. The Bertz CT molecular complexity index is 587. The Kier molecular flexibility index (Phi) is 5.63. The second-order valence-electron chi connectivity index (χ2n) is 4.94. The van der Waals surface area contributed by atoms with E-state index in [1.807, 2.05) is 16.8 Å². The van der Waals surface area contributed by atoms with Gasteiger partial charge in [-0.1, -0.05) is 43.2 Å². The van der Waals surface area contributed by atoms with E-state index in [2.05, 4.69) is 17.2 Å². The highest BCUT2D eigenvalue weighted by Gasteiger charge is 2.08. The lowest BCUT2D eigenvalue weighted by Gasteiger charge is -2.03. The Morgan fingerprint density at radius 3 is 2.62 bits per heavy atom. The molecule has 0 spiro atoms. The fourth-order valence-electron chi connectivity index (χ4n) is 2.11. The SMILES string of the molecule is CCCCCn1nnc(CN)c1/C=C/c1ccc(F)cc1. The molecule has 0 saturated heterocycles. The molecular weight excluding hydrogens is 267 g/mol. The van der Waals surface area contributed by atoms with Crippen molar-refractivity contribution in [2.45, 2.75) is 39.3 Å². The molecule has 0 aliphatic rings. The first kappa shape index (κ1) is 15.4. The first-order valence-electron chi connectivity index (χ1n) is 7.30. The van der Waals surface area contributed by atoms with Crippen LogP contribution in [0, 0.1) is 5.82 Å². The van der Waals surface area contributed by atoms with Gasteiger partial charge in [-0.25, -0.2) is 9.07 Å². The Balaban J connectivity index is 2.16. The quantitative estimate of drug-likeness (QED) is 0.796. The van der Waals surface area contributed by atoms with Gasteiger partial charge in [0.25, 0.3) is 0 Å². The largest absolute Gasteiger partial charge is 0.325 e. The molecule has 0 atom stereocenters. The zero-order valence-electron chi connectivity index (χ0n) is 12.3. The summed E-state index contributed by atoms with van der Waals surface area (Å²) in [5.41, 5.74) is 8.35. The molecule has 112 valence electrons. The lowest BCUT2D eigenvalue weighted by Crippen LogP contribution is -2.04. The highest BCUT2D eigenvalue weighted by molar-refractivity contribution is 5.68. The van der Waals surface area contributed by atoms with Crippen LogP contribution in [-0.4, -0.2) is 15.0 Å². The van der Waals surface area contributed by atoms with Crippen molar-refractivity contribution in [3.63, 3.8) is 0 Å². The molecule has 0 aliphatic carbocycles. The van der Waals surface area contributed by atoms with Crippen molar-refractivity contribution in [1.82, 2.24) is 15.0 Å². The summed E-state index contributed by atoms with van der Waals surface area (Å²) in [5, 5.41) is 8.28. The molecule has 0 aliphatic heterocycles. The number of nitrogens with two attached hydrogens (primary N) is 1. The average molecular weight is 288 g/mol. The van der Waals surface area contributed by atoms with Crippen LogP contribution in [0.3, 0.4) is 0 Å². The highest BCUT2D eigenvalue weighted by Crippen LogP contribution is 2.13. The fourth-order valence-corrected chi connectivity index (χ4v) is 2.11. The van der Waals surface area contributed by atoms with Gasteiger partial charge in [0.05, 0.1) is 5.69 Å². The van der Waals surface area contributed by atoms with E-state index in [1.165, 1.54) is 25.0 Å². The van der Waals surface area contributed by atoms with Gasteiger partial charge in [0.1, 0.15) is 11.5 Å². The van der Waals surface area contributed by atoms with Crippen LogP contribution in [0.15, 0.2) is 24.3 Å². The molecule has 2 rings (SSSR count). The maximum absolute atomic E-state index is 12.9. The molecule has 0 fully saturated rings. The summed E-state index contributed by atoms with van der Waals surface area (Å²) >= 11 is 0. The van der Waals surface area contributed by atoms with E-state index in [9.17, 15) is 4.39 Å². The zero-order chi connectivity index (χ0) is 15.1. The van der Waals surface area contributed by atoms with Crippen molar-refractivity contribution in [3.8, 4) is 0 Å². The summed E-state index contributed by atoms with van der Waals surface area (Å²) in [5.74, 6) is -0.235. The lowest BCUT2D eigenvalue weighted by molar-refractivity contribution is 0.534. The van der Waals surface area contributed by atoms with E-state index in [1.54, 1.807) is 12.1 Å². The van der Waals surface area contributed by atoms with E-state index < -0.39 is 0 Å². The Hall–Kier alpha value is -2.01. The average Bonchev–Trinajstić information content (AvgIpc) is 2.89. The number of aryl methyl sites for hydroxylation is 1. The van der Waals surface area contributed by atoms with Gasteiger partial charge >= 0.3 is 0 Å². The smallest absolute Gasteiger partial charge is 0.123 e. The molecule has 2 aromatic rings. The van der Waals surface area contributed by atoms with Crippen molar-refractivity contribution in [2.24, 2.45) is 5.73 Å². The van der Waals surface area contributed by atoms with Crippen LogP contribution in [0.25, 0.3) is 12.2 Å². The summed E-state index contributed by atoms with van der Waals surface area (Å²) in [6, 6.07) is 6.36. The first-order valence-corrected chi connectivity index (χ1v) is 7.30. The molecule has 0 radical (unpaired) electrons. The first-order chi connectivity index (χ1) is 10.2. The van der Waals surface area contributed by atoms with Crippen LogP contribution in [0.4, 0.5) is 4.39 Å². The summed E-state index contributed by atoms with van der Waals surface area (Å²) in [6.45, 7) is 3.36. The normalized spacial score (nSPS) is 11.4. The van der Waals surface area contributed by atoms with Crippen molar-refractivity contribution in [2.75, 3.05) is 0 Å². The van der Waals surface area contributed by atoms with Crippen LogP contribution in [0.2, 0.25) is 0 Å². The third kappa shape index (κ3) is 4.23. The minimum atomic E-state index is -0.235. The highest BCUT2D eigenvalue weighted by atomic mass is 19.1. The second-order valence-corrected chi connectivity index (χ2v) is 4.94. The van der Waals surface area contributed by atoms with Gasteiger partial charge in [-0.05, 0) is 30.2 Å².